The number of nitrogens with one attached hydrogen (secondary N) is 1. The third-order valence-corrected chi connectivity index (χ3v) is 4.22. The summed E-state index contributed by atoms with van der Waals surface area (Å²) in [5.41, 5.74) is 4.51. The Hall–Kier alpha value is -2.42. The molecule has 0 bridgehead atoms. The molecule has 0 unspecified atom stereocenters. The summed E-state index contributed by atoms with van der Waals surface area (Å²) in [6.45, 7) is 10.3. The molecule has 3 nitrogen and oxygen atoms in total. The van der Waals surface area contributed by atoms with E-state index in [0.717, 1.165) is 22.3 Å². The molecule has 3 heteroatoms. The van der Waals surface area contributed by atoms with Gasteiger partial charge in [0.05, 0.1) is 0 Å². The first-order valence-corrected chi connectivity index (χ1v) is 8.28. The van der Waals surface area contributed by atoms with Crippen LogP contribution in [0.4, 0.5) is 0 Å². The fourth-order valence-corrected chi connectivity index (χ4v) is 2.56. The molecule has 0 atom stereocenters. The Kier molecular flexibility index (Phi) is 5.23. The van der Waals surface area contributed by atoms with Gasteiger partial charge in [0, 0.05) is 18.2 Å². The lowest BCUT2D eigenvalue weighted by Crippen LogP contribution is -2.14. The summed E-state index contributed by atoms with van der Waals surface area (Å²) >= 11 is 0. The van der Waals surface area contributed by atoms with Crippen LogP contribution in [0.25, 0.3) is 17.2 Å². The summed E-state index contributed by atoms with van der Waals surface area (Å²) < 4.78 is 0. The fraction of sp³-hybridized carbons (Fsp3) is 0.333. The van der Waals surface area contributed by atoms with Gasteiger partial charge in [0.25, 0.3) is 5.56 Å². The van der Waals surface area contributed by atoms with Gasteiger partial charge < -0.3 is 4.98 Å². The van der Waals surface area contributed by atoms with Crippen molar-refractivity contribution in [2.24, 2.45) is 0 Å². The van der Waals surface area contributed by atoms with Crippen molar-refractivity contribution in [3.8, 4) is 11.1 Å². The molecule has 1 aromatic heterocycles. The molecule has 2 aromatic rings. The molecule has 126 valence electrons. The van der Waals surface area contributed by atoms with E-state index in [1.807, 2.05) is 32.1 Å². The Labute approximate surface area is 143 Å². The summed E-state index contributed by atoms with van der Waals surface area (Å²) in [4.78, 5) is 26.6. The molecule has 0 spiro atoms. The van der Waals surface area contributed by atoms with Gasteiger partial charge in [-0.3, -0.25) is 9.59 Å². The summed E-state index contributed by atoms with van der Waals surface area (Å²) in [6, 6.07) is 7.85. The van der Waals surface area contributed by atoms with Crippen LogP contribution < -0.4 is 5.56 Å². The van der Waals surface area contributed by atoms with Crippen LogP contribution >= 0.6 is 0 Å². The topological polar surface area (TPSA) is 49.9 Å². The summed E-state index contributed by atoms with van der Waals surface area (Å²) in [7, 11) is 0. The molecule has 1 aromatic carbocycles. The number of hydrogen-bond acceptors (Lipinski definition) is 2. The molecule has 0 fully saturated rings. The van der Waals surface area contributed by atoms with E-state index in [-0.39, 0.29) is 16.8 Å². The third kappa shape index (κ3) is 3.91. The molecule has 0 aliphatic rings. The number of carbonyl (C=O) groups is 1. The van der Waals surface area contributed by atoms with Gasteiger partial charge in [-0.05, 0) is 52.8 Å². The largest absolute Gasteiger partial charge is 0.329 e. The minimum absolute atomic E-state index is 0.0542. The van der Waals surface area contributed by atoms with E-state index in [1.54, 1.807) is 12.3 Å². The zero-order valence-electron chi connectivity index (χ0n) is 15.1. The first-order chi connectivity index (χ1) is 11.2. The van der Waals surface area contributed by atoms with Gasteiger partial charge in [0.15, 0.2) is 5.78 Å². The molecule has 1 N–H and O–H groups in total. The summed E-state index contributed by atoms with van der Waals surface area (Å²) in [5, 5.41) is 0. The molecule has 0 amide bonds. The second-order valence-electron chi connectivity index (χ2n) is 7.05. The van der Waals surface area contributed by atoms with E-state index in [9.17, 15) is 9.59 Å². The van der Waals surface area contributed by atoms with E-state index in [4.69, 9.17) is 0 Å². The standard InChI is InChI=1S/C21H25NO2/c1-6-17(23)10-9-15-12-16(21(3,4)5)13-19(14(15)2)18-8-7-11-22-20(18)24/h7-13H,6H2,1-5H3,(H,22,24)/b10-9-. The second kappa shape index (κ2) is 7.00. The minimum Gasteiger partial charge on any atom is -0.329 e. The SMILES string of the molecule is CCC(=O)/C=C\c1cc(C(C)(C)C)cc(-c2ccc[nH]c2=O)c1C. The van der Waals surface area contributed by atoms with Crippen molar-refractivity contribution in [1.29, 1.82) is 0 Å². The molecule has 0 aliphatic carbocycles. The van der Waals surface area contributed by atoms with Gasteiger partial charge in [-0.2, -0.15) is 0 Å². The van der Waals surface area contributed by atoms with Crippen molar-refractivity contribution in [3.05, 3.63) is 63.6 Å². The fourth-order valence-electron chi connectivity index (χ4n) is 2.56. The minimum atomic E-state index is -0.105. The molecule has 0 aliphatic heterocycles. The molecular weight excluding hydrogens is 298 g/mol. The molecular formula is C21H25NO2. The van der Waals surface area contributed by atoms with Gasteiger partial charge in [-0.15, -0.1) is 0 Å². The predicted octanol–water partition coefficient (Wildman–Crippen LogP) is 4.64. The van der Waals surface area contributed by atoms with Crippen molar-refractivity contribution in [3.63, 3.8) is 0 Å². The third-order valence-electron chi connectivity index (χ3n) is 4.22. The van der Waals surface area contributed by atoms with Crippen molar-refractivity contribution < 1.29 is 4.79 Å². The van der Waals surface area contributed by atoms with Crippen LogP contribution in [0.5, 0.6) is 0 Å². The number of ketones is 1. The van der Waals surface area contributed by atoms with Crippen LogP contribution in [0.1, 0.15) is 50.8 Å². The number of H-pyrrole nitrogens is 1. The van der Waals surface area contributed by atoms with Crippen molar-refractivity contribution in [2.75, 3.05) is 0 Å². The normalized spacial score (nSPS) is 11.9. The molecule has 1 heterocycles. The highest BCUT2D eigenvalue weighted by Gasteiger charge is 2.18. The van der Waals surface area contributed by atoms with E-state index >= 15 is 0 Å². The van der Waals surface area contributed by atoms with Crippen LogP contribution in [0.15, 0.2) is 41.3 Å². The lowest BCUT2D eigenvalue weighted by molar-refractivity contribution is -0.114. The van der Waals surface area contributed by atoms with Crippen LogP contribution in [-0.2, 0) is 10.2 Å². The number of benzene rings is 1. The Morgan fingerprint density at radius 2 is 1.92 bits per heavy atom. The van der Waals surface area contributed by atoms with Gasteiger partial charge >= 0.3 is 0 Å². The Bertz CT molecular complexity index is 836. The summed E-state index contributed by atoms with van der Waals surface area (Å²) in [5.74, 6) is 0.0923. The molecule has 24 heavy (non-hydrogen) atoms. The van der Waals surface area contributed by atoms with E-state index in [1.165, 1.54) is 0 Å². The van der Waals surface area contributed by atoms with Crippen LogP contribution in [-0.4, -0.2) is 10.8 Å². The zero-order chi connectivity index (χ0) is 17.9. The van der Waals surface area contributed by atoms with Gasteiger partial charge in [-0.1, -0.05) is 45.9 Å². The van der Waals surface area contributed by atoms with Crippen molar-refractivity contribution >= 4 is 11.9 Å². The highest BCUT2D eigenvalue weighted by atomic mass is 16.1. The van der Waals surface area contributed by atoms with Crippen LogP contribution in [0.3, 0.4) is 0 Å². The highest BCUT2D eigenvalue weighted by molar-refractivity contribution is 5.93. The van der Waals surface area contributed by atoms with Gasteiger partial charge in [-0.25, -0.2) is 0 Å². The lowest BCUT2D eigenvalue weighted by atomic mass is 9.82. The maximum atomic E-state index is 12.2. The predicted molar refractivity (Wildman–Crippen MR) is 100 cm³/mol. The number of pyridine rings is 1. The Morgan fingerprint density at radius 3 is 2.50 bits per heavy atom. The first-order valence-electron chi connectivity index (χ1n) is 8.28. The average molecular weight is 323 g/mol. The molecule has 0 saturated carbocycles. The highest BCUT2D eigenvalue weighted by Crippen LogP contribution is 2.32. The number of allylic oxidation sites excluding steroid dienone is 1. The Morgan fingerprint density at radius 1 is 1.21 bits per heavy atom. The zero-order valence-corrected chi connectivity index (χ0v) is 15.1. The molecule has 0 radical (unpaired) electrons. The van der Waals surface area contributed by atoms with Crippen LogP contribution in [0, 0.1) is 6.92 Å². The maximum absolute atomic E-state index is 12.2. The smallest absolute Gasteiger partial charge is 0.255 e. The Balaban J connectivity index is 2.71. The van der Waals surface area contributed by atoms with Gasteiger partial charge in [0.1, 0.15) is 0 Å². The quantitative estimate of drug-likeness (QED) is 0.833. The second-order valence-corrected chi connectivity index (χ2v) is 7.05. The number of rotatable bonds is 4. The maximum Gasteiger partial charge on any atom is 0.255 e. The number of hydrogen-bond donors (Lipinski definition) is 1. The lowest BCUT2D eigenvalue weighted by Gasteiger charge is -2.22. The van der Waals surface area contributed by atoms with Gasteiger partial charge in [0.2, 0.25) is 0 Å². The number of carbonyl (C=O) groups excluding carboxylic acids is 1. The number of aromatic nitrogens is 1. The van der Waals surface area contributed by atoms with Crippen molar-refractivity contribution in [2.45, 2.75) is 46.5 Å². The van der Waals surface area contributed by atoms with E-state index in [2.05, 4.69) is 37.9 Å². The average Bonchev–Trinajstić information content (AvgIpc) is 2.53. The summed E-state index contributed by atoms with van der Waals surface area (Å²) in [6.07, 6.45) is 5.60. The molecule has 0 saturated heterocycles. The van der Waals surface area contributed by atoms with E-state index in [0.29, 0.717) is 12.0 Å². The van der Waals surface area contributed by atoms with Crippen molar-refractivity contribution in [1.82, 2.24) is 4.98 Å². The van der Waals surface area contributed by atoms with Crippen LogP contribution in [0.2, 0.25) is 0 Å². The molecule has 2 rings (SSSR count). The number of aromatic amines is 1. The first kappa shape index (κ1) is 17.9. The van der Waals surface area contributed by atoms with E-state index < -0.39 is 0 Å². The monoisotopic (exact) mass is 323 g/mol.